The fourth-order valence-electron chi connectivity index (χ4n) is 4.12. The monoisotopic (exact) mass is 338 g/mol. The first-order valence-electron chi connectivity index (χ1n) is 9.82. The topological polar surface area (TPSA) is 55.8 Å². The SMILES string of the molecule is CCCCCOCC[C@H]1[C@@H](C/C=C\CCCC(=O)O)[C@H]2CC[C@@H]1O2. The molecular weight excluding hydrogens is 304 g/mol. The molecule has 0 amide bonds. The highest BCUT2D eigenvalue weighted by atomic mass is 16.5. The van der Waals surface area contributed by atoms with Crippen LogP contribution in [0.15, 0.2) is 12.2 Å². The lowest BCUT2D eigenvalue weighted by molar-refractivity contribution is -0.137. The average molecular weight is 338 g/mol. The van der Waals surface area contributed by atoms with Gasteiger partial charge in [-0.3, -0.25) is 4.79 Å². The van der Waals surface area contributed by atoms with E-state index in [-0.39, 0.29) is 6.42 Å². The standard InChI is InChI=1S/C20H34O4/c1-2-3-8-14-23-15-13-17-16(18-11-12-19(17)24-18)9-6-4-5-7-10-20(21)22/h4,6,16-19H,2-3,5,7-15H2,1H3,(H,21,22)/b6-4-/t16-,17+,18-,19+/m1/s1. The Hall–Kier alpha value is -0.870. The molecule has 1 N–H and O–H groups in total. The van der Waals surface area contributed by atoms with Gasteiger partial charge in [-0.2, -0.15) is 0 Å². The average Bonchev–Trinajstić information content (AvgIpc) is 3.15. The third kappa shape index (κ3) is 6.21. The van der Waals surface area contributed by atoms with Crippen LogP contribution < -0.4 is 0 Å². The normalized spacial score (nSPS) is 28.9. The summed E-state index contributed by atoms with van der Waals surface area (Å²) in [6.07, 6.45) is 15.4. The Bertz CT molecular complexity index is 393. The second-order valence-electron chi connectivity index (χ2n) is 7.22. The van der Waals surface area contributed by atoms with Crippen molar-refractivity contribution in [2.75, 3.05) is 13.2 Å². The summed E-state index contributed by atoms with van der Waals surface area (Å²) in [6, 6.07) is 0. The van der Waals surface area contributed by atoms with Crippen LogP contribution in [0.25, 0.3) is 0 Å². The molecule has 2 fully saturated rings. The number of carboxylic acid groups (broad SMARTS) is 1. The Morgan fingerprint density at radius 3 is 2.67 bits per heavy atom. The van der Waals surface area contributed by atoms with E-state index in [4.69, 9.17) is 14.6 Å². The summed E-state index contributed by atoms with van der Waals surface area (Å²) in [7, 11) is 0. The van der Waals surface area contributed by atoms with Crippen molar-refractivity contribution in [3.8, 4) is 0 Å². The lowest BCUT2D eigenvalue weighted by atomic mass is 9.76. The van der Waals surface area contributed by atoms with Gasteiger partial charge in [-0.05, 0) is 56.8 Å². The first kappa shape index (κ1) is 19.5. The summed E-state index contributed by atoms with van der Waals surface area (Å²) in [5, 5.41) is 8.65. The number of carboxylic acids is 1. The predicted molar refractivity (Wildman–Crippen MR) is 95.1 cm³/mol. The molecule has 0 aliphatic carbocycles. The predicted octanol–water partition coefficient (Wildman–Crippen LogP) is 4.58. The Kier molecular flexibility index (Phi) is 8.82. The Balaban J connectivity index is 1.65. The lowest BCUT2D eigenvalue weighted by Crippen LogP contribution is -2.28. The van der Waals surface area contributed by atoms with Crippen LogP contribution in [0.3, 0.4) is 0 Å². The summed E-state index contributed by atoms with van der Waals surface area (Å²) in [5.74, 6) is 0.557. The van der Waals surface area contributed by atoms with Gasteiger partial charge in [-0.25, -0.2) is 0 Å². The molecule has 4 heteroatoms. The highest BCUT2D eigenvalue weighted by Gasteiger charge is 2.47. The molecule has 0 aromatic carbocycles. The van der Waals surface area contributed by atoms with Gasteiger partial charge in [0.15, 0.2) is 0 Å². The fraction of sp³-hybridized carbons (Fsp3) is 0.850. The van der Waals surface area contributed by atoms with Crippen LogP contribution >= 0.6 is 0 Å². The van der Waals surface area contributed by atoms with Gasteiger partial charge in [0, 0.05) is 19.6 Å². The highest BCUT2D eigenvalue weighted by molar-refractivity contribution is 5.66. The fourth-order valence-corrected chi connectivity index (χ4v) is 4.12. The number of aliphatic carboxylic acids is 1. The van der Waals surface area contributed by atoms with E-state index in [9.17, 15) is 4.79 Å². The molecule has 2 rings (SSSR count). The van der Waals surface area contributed by atoms with Crippen LogP contribution in [0.4, 0.5) is 0 Å². The molecule has 2 saturated heterocycles. The molecule has 0 radical (unpaired) electrons. The number of unbranched alkanes of at least 4 members (excludes halogenated alkanes) is 3. The quantitative estimate of drug-likeness (QED) is 0.394. The van der Waals surface area contributed by atoms with Gasteiger partial charge in [-0.1, -0.05) is 31.9 Å². The van der Waals surface area contributed by atoms with Crippen LogP contribution in [-0.2, 0) is 14.3 Å². The van der Waals surface area contributed by atoms with Crippen molar-refractivity contribution in [3.05, 3.63) is 12.2 Å². The number of ether oxygens (including phenoxy) is 2. The van der Waals surface area contributed by atoms with E-state index >= 15 is 0 Å². The van der Waals surface area contributed by atoms with Crippen LogP contribution in [0.5, 0.6) is 0 Å². The summed E-state index contributed by atoms with van der Waals surface area (Å²) >= 11 is 0. The van der Waals surface area contributed by atoms with E-state index in [0.29, 0.717) is 24.0 Å². The lowest BCUT2D eigenvalue weighted by Gasteiger charge is -2.27. The van der Waals surface area contributed by atoms with Crippen molar-refractivity contribution < 1.29 is 19.4 Å². The summed E-state index contributed by atoms with van der Waals surface area (Å²) in [6.45, 7) is 3.97. The molecule has 0 aromatic rings. The van der Waals surface area contributed by atoms with Crippen LogP contribution in [0.2, 0.25) is 0 Å². The van der Waals surface area contributed by atoms with Crippen molar-refractivity contribution in [1.82, 2.24) is 0 Å². The van der Waals surface area contributed by atoms with Crippen molar-refractivity contribution in [3.63, 3.8) is 0 Å². The molecule has 138 valence electrons. The zero-order valence-electron chi connectivity index (χ0n) is 15.1. The minimum absolute atomic E-state index is 0.263. The van der Waals surface area contributed by atoms with E-state index in [2.05, 4.69) is 19.1 Å². The number of allylic oxidation sites excluding steroid dienone is 2. The number of hydrogen-bond donors (Lipinski definition) is 1. The molecule has 0 spiro atoms. The maximum Gasteiger partial charge on any atom is 0.303 e. The summed E-state index contributed by atoms with van der Waals surface area (Å²) in [4.78, 5) is 10.5. The van der Waals surface area contributed by atoms with Crippen LogP contribution in [0, 0.1) is 11.8 Å². The summed E-state index contributed by atoms with van der Waals surface area (Å²) < 4.78 is 11.9. The van der Waals surface area contributed by atoms with Gasteiger partial charge in [0.1, 0.15) is 0 Å². The molecule has 4 atom stereocenters. The van der Waals surface area contributed by atoms with Crippen molar-refractivity contribution in [2.24, 2.45) is 11.8 Å². The second kappa shape index (κ2) is 10.9. The molecule has 2 heterocycles. The van der Waals surface area contributed by atoms with Gasteiger partial charge < -0.3 is 14.6 Å². The summed E-state index contributed by atoms with van der Waals surface area (Å²) in [5.41, 5.74) is 0. The molecular formula is C20H34O4. The molecule has 0 aromatic heterocycles. The molecule has 24 heavy (non-hydrogen) atoms. The van der Waals surface area contributed by atoms with Gasteiger partial charge in [0.05, 0.1) is 12.2 Å². The van der Waals surface area contributed by atoms with E-state index in [0.717, 1.165) is 38.9 Å². The van der Waals surface area contributed by atoms with Crippen molar-refractivity contribution >= 4 is 5.97 Å². The van der Waals surface area contributed by atoms with Crippen LogP contribution in [0.1, 0.15) is 71.1 Å². The largest absolute Gasteiger partial charge is 0.481 e. The first-order chi connectivity index (χ1) is 11.7. The van der Waals surface area contributed by atoms with Gasteiger partial charge in [0.25, 0.3) is 0 Å². The molecule has 2 bridgehead atoms. The van der Waals surface area contributed by atoms with E-state index in [1.54, 1.807) is 0 Å². The zero-order chi connectivity index (χ0) is 17.2. The van der Waals surface area contributed by atoms with Gasteiger partial charge in [-0.15, -0.1) is 0 Å². The van der Waals surface area contributed by atoms with E-state index in [1.165, 1.54) is 32.1 Å². The maximum atomic E-state index is 10.5. The third-order valence-electron chi connectivity index (χ3n) is 5.41. The Labute approximate surface area is 146 Å². The third-order valence-corrected chi connectivity index (χ3v) is 5.41. The number of hydrogen-bond acceptors (Lipinski definition) is 3. The van der Waals surface area contributed by atoms with Crippen molar-refractivity contribution in [2.45, 2.75) is 83.3 Å². The molecule has 2 aliphatic heterocycles. The highest BCUT2D eigenvalue weighted by Crippen LogP contribution is 2.46. The van der Waals surface area contributed by atoms with E-state index in [1.807, 2.05) is 0 Å². The zero-order valence-corrected chi connectivity index (χ0v) is 15.1. The van der Waals surface area contributed by atoms with Crippen LogP contribution in [-0.4, -0.2) is 36.5 Å². The minimum atomic E-state index is -0.705. The number of rotatable bonds is 13. The minimum Gasteiger partial charge on any atom is -0.481 e. The van der Waals surface area contributed by atoms with Gasteiger partial charge in [0.2, 0.25) is 0 Å². The van der Waals surface area contributed by atoms with Gasteiger partial charge >= 0.3 is 5.97 Å². The maximum absolute atomic E-state index is 10.5. The molecule has 2 aliphatic rings. The molecule has 0 unspecified atom stereocenters. The molecule has 4 nitrogen and oxygen atoms in total. The smallest absolute Gasteiger partial charge is 0.303 e. The number of carbonyl (C=O) groups is 1. The number of fused-ring (bicyclic) bond motifs is 2. The first-order valence-corrected chi connectivity index (χ1v) is 9.82. The van der Waals surface area contributed by atoms with E-state index < -0.39 is 5.97 Å². The second-order valence-corrected chi connectivity index (χ2v) is 7.22. The van der Waals surface area contributed by atoms with Crippen molar-refractivity contribution in [1.29, 1.82) is 0 Å². The Morgan fingerprint density at radius 2 is 1.92 bits per heavy atom. The Morgan fingerprint density at radius 1 is 1.12 bits per heavy atom. The molecule has 0 saturated carbocycles.